The Morgan fingerprint density at radius 3 is 2.14 bits per heavy atom. The summed E-state index contributed by atoms with van der Waals surface area (Å²) in [5.41, 5.74) is 0.863. The third kappa shape index (κ3) is 4.40. The van der Waals surface area contributed by atoms with Crippen molar-refractivity contribution in [2.75, 3.05) is 0 Å². The molecule has 0 aliphatic rings. The quantitative estimate of drug-likeness (QED) is 0.445. The number of hydrogen-bond acceptors (Lipinski definition) is 2. The fraction of sp³-hybridized carbons (Fsp3) is 0.500. The summed E-state index contributed by atoms with van der Waals surface area (Å²) in [6.07, 6.45) is 11.0. The third-order valence-electron chi connectivity index (χ3n) is 4.37. The molecule has 0 saturated carbocycles. The summed E-state index contributed by atoms with van der Waals surface area (Å²) in [6.45, 7) is 2.24. The number of phenolic OH excluding ortho intramolecular Hbond substituents is 2. The molecule has 0 bridgehead atoms. The van der Waals surface area contributed by atoms with Crippen molar-refractivity contribution < 1.29 is 10.2 Å². The Morgan fingerprint density at radius 2 is 1.41 bits per heavy atom. The Hall–Kier alpha value is -1.70. The minimum Gasteiger partial charge on any atom is -0.504 e. The zero-order valence-electron chi connectivity index (χ0n) is 13.6. The van der Waals surface area contributed by atoms with E-state index in [1.807, 2.05) is 30.3 Å². The lowest BCUT2D eigenvalue weighted by Crippen LogP contribution is -1.89. The minimum atomic E-state index is 0.0210. The molecule has 0 spiro atoms. The van der Waals surface area contributed by atoms with Crippen LogP contribution in [0.25, 0.3) is 10.8 Å². The van der Waals surface area contributed by atoms with E-state index in [1.54, 1.807) is 0 Å². The first-order valence-electron chi connectivity index (χ1n) is 8.66. The van der Waals surface area contributed by atoms with Crippen LogP contribution in [0.3, 0.4) is 0 Å². The first kappa shape index (κ1) is 16.7. The van der Waals surface area contributed by atoms with Gasteiger partial charge in [-0.05, 0) is 29.9 Å². The lowest BCUT2D eigenvalue weighted by Gasteiger charge is -2.10. The Kier molecular flexibility index (Phi) is 6.57. The van der Waals surface area contributed by atoms with Gasteiger partial charge in [-0.15, -0.1) is 0 Å². The van der Waals surface area contributed by atoms with E-state index in [4.69, 9.17) is 0 Å². The van der Waals surface area contributed by atoms with E-state index in [0.29, 0.717) is 0 Å². The van der Waals surface area contributed by atoms with Crippen LogP contribution in [0.5, 0.6) is 11.5 Å². The molecule has 0 unspecified atom stereocenters. The number of rotatable bonds is 9. The van der Waals surface area contributed by atoms with E-state index >= 15 is 0 Å². The van der Waals surface area contributed by atoms with Gasteiger partial charge < -0.3 is 10.2 Å². The maximum atomic E-state index is 10.1. The van der Waals surface area contributed by atoms with Gasteiger partial charge in [-0.1, -0.05) is 76.1 Å². The molecule has 0 radical (unpaired) electrons. The minimum absolute atomic E-state index is 0.0210. The fourth-order valence-corrected chi connectivity index (χ4v) is 3.01. The van der Waals surface area contributed by atoms with Gasteiger partial charge in [-0.25, -0.2) is 0 Å². The van der Waals surface area contributed by atoms with Gasteiger partial charge in [-0.3, -0.25) is 0 Å². The third-order valence-corrected chi connectivity index (χ3v) is 4.37. The van der Waals surface area contributed by atoms with Gasteiger partial charge in [-0.2, -0.15) is 0 Å². The lowest BCUT2D eigenvalue weighted by molar-refractivity contribution is 0.403. The largest absolute Gasteiger partial charge is 0.504 e. The summed E-state index contributed by atoms with van der Waals surface area (Å²) in [5.74, 6) is 0.0781. The second-order valence-corrected chi connectivity index (χ2v) is 6.18. The molecular weight excluding hydrogens is 272 g/mol. The van der Waals surface area contributed by atoms with E-state index in [2.05, 4.69) is 6.92 Å². The summed E-state index contributed by atoms with van der Waals surface area (Å²) < 4.78 is 0. The summed E-state index contributed by atoms with van der Waals surface area (Å²) in [5, 5.41) is 22.0. The van der Waals surface area contributed by atoms with Gasteiger partial charge in [0.05, 0.1) is 0 Å². The van der Waals surface area contributed by atoms with Crippen LogP contribution < -0.4 is 0 Å². The molecule has 2 rings (SSSR count). The molecule has 2 nitrogen and oxygen atoms in total. The van der Waals surface area contributed by atoms with Crippen LogP contribution in [0.15, 0.2) is 30.3 Å². The highest BCUT2D eigenvalue weighted by molar-refractivity contribution is 5.91. The van der Waals surface area contributed by atoms with Gasteiger partial charge in [0.1, 0.15) is 0 Å². The van der Waals surface area contributed by atoms with Crippen molar-refractivity contribution in [2.45, 2.75) is 64.7 Å². The molecule has 0 aromatic heterocycles. The molecule has 22 heavy (non-hydrogen) atoms. The van der Waals surface area contributed by atoms with Crippen molar-refractivity contribution in [3.63, 3.8) is 0 Å². The Morgan fingerprint density at radius 1 is 0.773 bits per heavy atom. The van der Waals surface area contributed by atoms with Crippen LogP contribution in [0.1, 0.15) is 63.9 Å². The number of benzene rings is 2. The average molecular weight is 300 g/mol. The maximum Gasteiger partial charge on any atom is 0.165 e. The summed E-state index contributed by atoms with van der Waals surface area (Å²) >= 11 is 0. The van der Waals surface area contributed by atoms with E-state index in [-0.39, 0.29) is 11.5 Å². The predicted octanol–water partition coefficient (Wildman–Crippen LogP) is 5.93. The molecule has 0 amide bonds. The van der Waals surface area contributed by atoms with E-state index in [9.17, 15) is 10.2 Å². The van der Waals surface area contributed by atoms with Crippen molar-refractivity contribution in [1.29, 1.82) is 0 Å². The molecule has 0 saturated heterocycles. The van der Waals surface area contributed by atoms with E-state index < -0.39 is 0 Å². The molecular formula is C20H28O2. The molecule has 0 heterocycles. The zero-order valence-corrected chi connectivity index (χ0v) is 13.6. The molecule has 120 valence electrons. The molecule has 0 aliphatic carbocycles. The average Bonchev–Trinajstić information content (AvgIpc) is 2.54. The predicted molar refractivity (Wildman–Crippen MR) is 93.6 cm³/mol. The highest BCUT2D eigenvalue weighted by Crippen LogP contribution is 2.37. The number of unbranched alkanes of at least 4 members (excludes halogenated alkanes) is 7. The SMILES string of the molecule is CCCCCCCCCCc1cc2ccccc2c(O)c1O. The van der Waals surface area contributed by atoms with Gasteiger partial charge in [0.15, 0.2) is 11.5 Å². The molecule has 2 N–H and O–H groups in total. The van der Waals surface area contributed by atoms with Gasteiger partial charge in [0.2, 0.25) is 0 Å². The molecule has 0 aliphatic heterocycles. The second-order valence-electron chi connectivity index (χ2n) is 6.18. The summed E-state index contributed by atoms with van der Waals surface area (Å²) in [6, 6.07) is 9.65. The van der Waals surface area contributed by atoms with Crippen molar-refractivity contribution in [3.8, 4) is 11.5 Å². The normalized spacial score (nSPS) is 11.1. The lowest BCUT2D eigenvalue weighted by atomic mass is 9.99. The highest BCUT2D eigenvalue weighted by Gasteiger charge is 2.11. The van der Waals surface area contributed by atoms with Crippen LogP contribution in [-0.4, -0.2) is 10.2 Å². The van der Waals surface area contributed by atoms with Crippen LogP contribution in [0, 0.1) is 0 Å². The smallest absolute Gasteiger partial charge is 0.165 e. The summed E-state index contributed by atoms with van der Waals surface area (Å²) in [4.78, 5) is 0. The molecule has 2 heteroatoms. The van der Waals surface area contributed by atoms with Gasteiger partial charge in [0.25, 0.3) is 0 Å². The first-order chi connectivity index (χ1) is 10.7. The molecule has 2 aromatic carbocycles. The van der Waals surface area contributed by atoms with Crippen LogP contribution >= 0.6 is 0 Å². The molecule has 0 atom stereocenters. The molecule has 2 aromatic rings. The van der Waals surface area contributed by atoms with Crippen molar-refractivity contribution in [1.82, 2.24) is 0 Å². The fourth-order valence-electron chi connectivity index (χ4n) is 3.01. The Bertz CT molecular complexity index is 590. The zero-order chi connectivity index (χ0) is 15.8. The van der Waals surface area contributed by atoms with Crippen molar-refractivity contribution >= 4 is 10.8 Å². The van der Waals surface area contributed by atoms with E-state index in [1.165, 1.54) is 44.9 Å². The first-order valence-corrected chi connectivity index (χ1v) is 8.66. The Labute approximate surface area is 133 Å². The van der Waals surface area contributed by atoms with Crippen molar-refractivity contribution in [3.05, 3.63) is 35.9 Å². The van der Waals surface area contributed by atoms with Crippen molar-refractivity contribution in [2.24, 2.45) is 0 Å². The van der Waals surface area contributed by atoms with Crippen LogP contribution in [0.2, 0.25) is 0 Å². The number of hydrogen-bond donors (Lipinski definition) is 2. The van der Waals surface area contributed by atoms with Crippen LogP contribution in [-0.2, 0) is 6.42 Å². The monoisotopic (exact) mass is 300 g/mol. The second kappa shape index (κ2) is 8.67. The highest BCUT2D eigenvalue weighted by atomic mass is 16.3. The number of phenols is 2. The molecule has 0 fully saturated rings. The van der Waals surface area contributed by atoms with E-state index in [0.717, 1.165) is 29.2 Å². The number of aryl methyl sites for hydroxylation is 1. The van der Waals surface area contributed by atoms with Gasteiger partial charge >= 0.3 is 0 Å². The number of aromatic hydroxyl groups is 2. The maximum absolute atomic E-state index is 10.1. The Balaban J connectivity index is 1.83. The number of fused-ring (bicyclic) bond motifs is 1. The topological polar surface area (TPSA) is 40.5 Å². The summed E-state index contributed by atoms with van der Waals surface area (Å²) in [7, 11) is 0. The van der Waals surface area contributed by atoms with Gasteiger partial charge in [0, 0.05) is 5.39 Å². The standard InChI is InChI=1S/C20H28O2/c1-2-3-4-5-6-7-8-9-13-17-15-16-12-10-11-14-18(16)20(22)19(17)21/h10-12,14-15,21-22H,2-9,13H2,1H3. The van der Waals surface area contributed by atoms with Crippen LogP contribution in [0.4, 0.5) is 0 Å².